The van der Waals surface area contributed by atoms with E-state index in [2.05, 4.69) is 13.8 Å². The predicted octanol–water partition coefficient (Wildman–Crippen LogP) is 2.25. The molecule has 0 aliphatic carbocycles. The SMILES string of the molecule is CC(C)CC[C@H](N)C[C@@H](C)CC(=O)O. The van der Waals surface area contributed by atoms with Crippen molar-refractivity contribution in [3.05, 3.63) is 0 Å². The fourth-order valence-corrected chi connectivity index (χ4v) is 1.56. The molecule has 0 aliphatic heterocycles. The number of nitrogens with two attached hydrogens (primary N) is 1. The lowest BCUT2D eigenvalue weighted by Gasteiger charge is -2.16. The van der Waals surface area contributed by atoms with Crippen LogP contribution in [-0.2, 0) is 4.79 Å². The number of hydrogen-bond donors (Lipinski definition) is 2. The first-order chi connectivity index (χ1) is 6.41. The van der Waals surface area contributed by atoms with Gasteiger partial charge in [0.25, 0.3) is 0 Å². The summed E-state index contributed by atoms with van der Waals surface area (Å²) in [4.78, 5) is 10.4. The minimum Gasteiger partial charge on any atom is -0.481 e. The fourth-order valence-electron chi connectivity index (χ4n) is 1.56. The van der Waals surface area contributed by atoms with E-state index in [-0.39, 0.29) is 18.4 Å². The first kappa shape index (κ1) is 13.4. The maximum Gasteiger partial charge on any atom is 0.303 e. The molecule has 3 N–H and O–H groups in total. The number of hydrogen-bond acceptors (Lipinski definition) is 2. The second-order valence-electron chi connectivity index (χ2n) is 4.67. The molecule has 0 heterocycles. The number of carbonyl (C=O) groups is 1. The lowest BCUT2D eigenvalue weighted by Crippen LogP contribution is -2.24. The Morgan fingerprint density at radius 3 is 2.29 bits per heavy atom. The molecule has 0 unspecified atom stereocenters. The highest BCUT2D eigenvalue weighted by atomic mass is 16.4. The second kappa shape index (κ2) is 6.82. The summed E-state index contributed by atoms with van der Waals surface area (Å²) in [5.74, 6) is 0.138. The van der Waals surface area contributed by atoms with E-state index in [0.717, 1.165) is 19.3 Å². The van der Waals surface area contributed by atoms with E-state index in [9.17, 15) is 4.79 Å². The number of rotatable bonds is 7. The van der Waals surface area contributed by atoms with Crippen LogP contribution in [0.15, 0.2) is 0 Å². The molecule has 0 spiro atoms. The molecule has 0 aliphatic rings. The highest BCUT2D eigenvalue weighted by Gasteiger charge is 2.12. The van der Waals surface area contributed by atoms with Crippen LogP contribution in [0.3, 0.4) is 0 Å². The summed E-state index contributed by atoms with van der Waals surface area (Å²) in [6.45, 7) is 6.30. The first-order valence-corrected chi connectivity index (χ1v) is 5.39. The Hall–Kier alpha value is -0.570. The van der Waals surface area contributed by atoms with Gasteiger partial charge in [0.15, 0.2) is 0 Å². The van der Waals surface area contributed by atoms with Crippen molar-refractivity contribution < 1.29 is 9.90 Å². The Morgan fingerprint density at radius 1 is 1.29 bits per heavy atom. The van der Waals surface area contributed by atoms with E-state index >= 15 is 0 Å². The summed E-state index contributed by atoms with van der Waals surface area (Å²) >= 11 is 0. The molecule has 84 valence electrons. The molecule has 0 aromatic carbocycles. The third kappa shape index (κ3) is 8.05. The van der Waals surface area contributed by atoms with Gasteiger partial charge < -0.3 is 10.8 Å². The van der Waals surface area contributed by atoms with Gasteiger partial charge in [-0.15, -0.1) is 0 Å². The van der Waals surface area contributed by atoms with Crippen molar-refractivity contribution >= 4 is 5.97 Å². The van der Waals surface area contributed by atoms with Crippen LogP contribution in [0.5, 0.6) is 0 Å². The van der Waals surface area contributed by atoms with E-state index < -0.39 is 5.97 Å². The quantitative estimate of drug-likeness (QED) is 0.664. The molecule has 2 atom stereocenters. The molecule has 0 amide bonds. The van der Waals surface area contributed by atoms with Crippen LogP contribution in [0, 0.1) is 11.8 Å². The highest BCUT2D eigenvalue weighted by Crippen LogP contribution is 2.14. The number of carboxylic acid groups (broad SMARTS) is 1. The summed E-state index contributed by atoms with van der Waals surface area (Å²) in [5.41, 5.74) is 5.91. The van der Waals surface area contributed by atoms with Crippen molar-refractivity contribution in [2.45, 2.75) is 52.5 Å². The third-order valence-corrected chi connectivity index (χ3v) is 2.34. The predicted molar refractivity (Wildman–Crippen MR) is 58.1 cm³/mol. The van der Waals surface area contributed by atoms with Gasteiger partial charge in [-0.25, -0.2) is 0 Å². The monoisotopic (exact) mass is 201 g/mol. The van der Waals surface area contributed by atoms with Crippen LogP contribution < -0.4 is 5.73 Å². The Balaban J connectivity index is 3.59. The zero-order chi connectivity index (χ0) is 11.1. The van der Waals surface area contributed by atoms with Gasteiger partial charge in [0.1, 0.15) is 0 Å². The van der Waals surface area contributed by atoms with Gasteiger partial charge in [-0.3, -0.25) is 4.79 Å². The van der Waals surface area contributed by atoms with E-state index in [0.29, 0.717) is 5.92 Å². The lowest BCUT2D eigenvalue weighted by atomic mass is 9.94. The summed E-state index contributed by atoms with van der Waals surface area (Å²) in [7, 11) is 0. The molecule has 0 bridgehead atoms. The van der Waals surface area contributed by atoms with Gasteiger partial charge in [0, 0.05) is 12.5 Å². The maximum atomic E-state index is 10.4. The average molecular weight is 201 g/mol. The Labute approximate surface area is 86.7 Å². The van der Waals surface area contributed by atoms with Crippen LogP contribution in [-0.4, -0.2) is 17.1 Å². The molecule has 0 fully saturated rings. The van der Waals surface area contributed by atoms with Gasteiger partial charge in [-0.1, -0.05) is 20.8 Å². The topological polar surface area (TPSA) is 63.3 Å². The van der Waals surface area contributed by atoms with Crippen molar-refractivity contribution in [1.82, 2.24) is 0 Å². The number of aliphatic carboxylic acids is 1. The van der Waals surface area contributed by atoms with E-state index in [1.165, 1.54) is 0 Å². The zero-order valence-electron chi connectivity index (χ0n) is 9.49. The van der Waals surface area contributed by atoms with Crippen LogP contribution in [0.1, 0.15) is 46.5 Å². The highest BCUT2D eigenvalue weighted by molar-refractivity contribution is 5.66. The summed E-state index contributed by atoms with van der Waals surface area (Å²) in [5, 5.41) is 8.57. The van der Waals surface area contributed by atoms with Crippen LogP contribution in [0.25, 0.3) is 0 Å². The molecule has 3 heteroatoms. The van der Waals surface area contributed by atoms with Crippen LogP contribution in [0.2, 0.25) is 0 Å². The average Bonchev–Trinajstić information content (AvgIpc) is 1.98. The minimum absolute atomic E-state index is 0.159. The minimum atomic E-state index is -0.728. The molecule has 0 saturated carbocycles. The van der Waals surface area contributed by atoms with Crippen molar-refractivity contribution in [1.29, 1.82) is 0 Å². The van der Waals surface area contributed by atoms with Crippen molar-refractivity contribution in [3.8, 4) is 0 Å². The zero-order valence-corrected chi connectivity index (χ0v) is 9.49. The van der Waals surface area contributed by atoms with E-state index in [1.54, 1.807) is 0 Å². The molecule has 0 aromatic heterocycles. The van der Waals surface area contributed by atoms with Crippen LogP contribution >= 0.6 is 0 Å². The van der Waals surface area contributed by atoms with Crippen molar-refractivity contribution in [2.24, 2.45) is 17.6 Å². The smallest absolute Gasteiger partial charge is 0.303 e. The largest absolute Gasteiger partial charge is 0.481 e. The fraction of sp³-hybridized carbons (Fsp3) is 0.909. The van der Waals surface area contributed by atoms with Gasteiger partial charge in [0.05, 0.1) is 0 Å². The summed E-state index contributed by atoms with van der Waals surface area (Å²) in [6.07, 6.45) is 3.18. The summed E-state index contributed by atoms with van der Waals surface area (Å²) in [6, 6.07) is 0.159. The van der Waals surface area contributed by atoms with Gasteiger partial charge in [-0.05, 0) is 31.1 Å². The molecule has 0 saturated heterocycles. The second-order valence-corrected chi connectivity index (χ2v) is 4.67. The number of carboxylic acids is 1. The van der Waals surface area contributed by atoms with Crippen molar-refractivity contribution in [2.75, 3.05) is 0 Å². The Kier molecular flexibility index (Phi) is 6.54. The van der Waals surface area contributed by atoms with Gasteiger partial charge >= 0.3 is 5.97 Å². The molecule has 0 rings (SSSR count). The van der Waals surface area contributed by atoms with Gasteiger partial charge in [-0.2, -0.15) is 0 Å². The molecule has 14 heavy (non-hydrogen) atoms. The third-order valence-electron chi connectivity index (χ3n) is 2.34. The summed E-state index contributed by atoms with van der Waals surface area (Å²) < 4.78 is 0. The Morgan fingerprint density at radius 2 is 1.86 bits per heavy atom. The maximum absolute atomic E-state index is 10.4. The van der Waals surface area contributed by atoms with E-state index in [1.807, 2.05) is 6.92 Å². The Bertz CT molecular complexity index is 169. The van der Waals surface area contributed by atoms with E-state index in [4.69, 9.17) is 10.8 Å². The lowest BCUT2D eigenvalue weighted by molar-refractivity contribution is -0.138. The van der Waals surface area contributed by atoms with Gasteiger partial charge in [0.2, 0.25) is 0 Å². The normalized spacial score (nSPS) is 15.5. The molecular weight excluding hydrogens is 178 g/mol. The molecule has 3 nitrogen and oxygen atoms in total. The van der Waals surface area contributed by atoms with Crippen molar-refractivity contribution in [3.63, 3.8) is 0 Å². The van der Waals surface area contributed by atoms with Crippen LogP contribution in [0.4, 0.5) is 0 Å². The first-order valence-electron chi connectivity index (χ1n) is 5.39. The standard InChI is InChI=1S/C11H23NO2/c1-8(2)4-5-10(12)6-9(3)7-11(13)14/h8-10H,4-7,12H2,1-3H3,(H,13,14)/t9-,10+/m1/s1. The molecule has 0 aromatic rings. The molecule has 0 radical (unpaired) electrons. The molecular formula is C11H23NO2.